The van der Waals surface area contributed by atoms with Crippen molar-refractivity contribution in [3.8, 4) is 11.5 Å². The number of carbonyl (C=O) groups is 1. The number of hydrogen-bond donors (Lipinski definition) is 1. The van der Waals surface area contributed by atoms with E-state index in [1.807, 2.05) is 0 Å². The number of methoxy groups -OCH3 is 1. The van der Waals surface area contributed by atoms with E-state index in [1.165, 1.54) is 25.3 Å². The van der Waals surface area contributed by atoms with Gasteiger partial charge >= 0.3 is 6.61 Å². The van der Waals surface area contributed by atoms with Crippen molar-refractivity contribution in [2.24, 2.45) is 7.05 Å². The molecule has 0 unspecified atom stereocenters. The molecule has 23 heavy (non-hydrogen) atoms. The molecule has 1 amide bonds. The summed E-state index contributed by atoms with van der Waals surface area (Å²) in [5.74, 6) is -0.338. The minimum atomic E-state index is -2.95. The maximum Gasteiger partial charge on any atom is 0.387 e. The molecule has 1 aromatic carbocycles. The fourth-order valence-corrected chi connectivity index (χ4v) is 2.23. The summed E-state index contributed by atoms with van der Waals surface area (Å²) in [6, 6.07) is 4.18. The molecule has 0 aliphatic rings. The van der Waals surface area contributed by atoms with Crippen LogP contribution in [0.3, 0.4) is 0 Å². The molecule has 1 heterocycles. The normalized spacial score (nSPS) is 10.7. The second-order valence-electron chi connectivity index (χ2n) is 4.87. The van der Waals surface area contributed by atoms with E-state index in [2.05, 4.69) is 15.2 Å². The standard InChI is InChI=1S/C15H17F2N3O3/c1-8-13(9(2)20(3)19-8)14(21)18-10-5-6-11(23-15(16)17)12(7-10)22-4/h5-7,15H,1-4H3,(H,18,21). The third-order valence-electron chi connectivity index (χ3n) is 3.37. The van der Waals surface area contributed by atoms with E-state index in [9.17, 15) is 13.6 Å². The van der Waals surface area contributed by atoms with E-state index in [4.69, 9.17) is 4.74 Å². The van der Waals surface area contributed by atoms with Crippen LogP contribution in [0.25, 0.3) is 0 Å². The summed E-state index contributed by atoms with van der Waals surface area (Å²) in [6.07, 6.45) is 0. The Morgan fingerprint density at radius 2 is 2.00 bits per heavy atom. The number of anilines is 1. The zero-order chi connectivity index (χ0) is 17.1. The van der Waals surface area contributed by atoms with Gasteiger partial charge in [-0.1, -0.05) is 0 Å². The van der Waals surface area contributed by atoms with Crippen LogP contribution in [0.2, 0.25) is 0 Å². The van der Waals surface area contributed by atoms with Crippen molar-refractivity contribution in [1.29, 1.82) is 0 Å². The first-order valence-corrected chi connectivity index (χ1v) is 6.78. The fourth-order valence-electron chi connectivity index (χ4n) is 2.23. The zero-order valence-corrected chi connectivity index (χ0v) is 13.2. The van der Waals surface area contributed by atoms with Crippen LogP contribution in [-0.2, 0) is 7.05 Å². The number of ether oxygens (including phenoxy) is 2. The average molecular weight is 325 g/mol. The first-order chi connectivity index (χ1) is 10.8. The van der Waals surface area contributed by atoms with Gasteiger partial charge in [0.2, 0.25) is 0 Å². The quantitative estimate of drug-likeness (QED) is 0.918. The summed E-state index contributed by atoms with van der Waals surface area (Å²) in [7, 11) is 3.08. The van der Waals surface area contributed by atoms with Crippen molar-refractivity contribution in [1.82, 2.24) is 9.78 Å². The number of carbonyl (C=O) groups excluding carboxylic acids is 1. The van der Waals surface area contributed by atoms with Crippen LogP contribution in [-0.4, -0.2) is 29.4 Å². The zero-order valence-electron chi connectivity index (χ0n) is 13.2. The number of nitrogens with one attached hydrogen (secondary N) is 1. The van der Waals surface area contributed by atoms with Crippen LogP contribution in [0.4, 0.5) is 14.5 Å². The monoisotopic (exact) mass is 325 g/mol. The molecule has 6 nitrogen and oxygen atoms in total. The maximum atomic E-state index is 12.4. The predicted molar refractivity (Wildman–Crippen MR) is 80.3 cm³/mol. The molecule has 0 aliphatic heterocycles. The summed E-state index contributed by atoms with van der Waals surface area (Å²) in [5.41, 5.74) is 2.20. The van der Waals surface area contributed by atoms with Gasteiger partial charge in [0.05, 0.1) is 18.4 Å². The number of benzene rings is 1. The number of rotatable bonds is 5. The third kappa shape index (κ3) is 3.58. The molecule has 0 atom stereocenters. The van der Waals surface area contributed by atoms with Gasteiger partial charge in [0, 0.05) is 24.5 Å². The average Bonchev–Trinajstić information content (AvgIpc) is 2.73. The molecule has 2 aromatic rings. The summed E-state index contributed by atoms with van der Waals surface area (Å²) < 4.78 is 35.6. The van der Waals surface area contributed by atoms with E-state index < -0.39 is 6.61 Å². The Bertz CT molecular complexity index is 729. The molecule has 0 spiro atoms. The molecule has 0 fully saturated rings. The van der Waals surface area contributed by atoms with Crippen LogP contribution in [0.1, 0.15) is 21.7 Å². The van der Waals surface area contributed by atoms with Crippen molar-refractivity contribution >= 4 is 11.6 Å². The van der Waals surface area contributed by atoms with Gasteiger partial charge in [-0.3, -0.25) is 9.48 Å². The van der Waals surface area contributed by atoms with Crippen molar-refractivity contribution in [2.45, 2.75) is 20.5 Å². The summed E-state index contributed by atoms with van der Waals surface area (Å²) in [6.45, 7) is 0.571. The van der Waals surface area contributed by atoms with Gasteiger partial charge in [0.25, 0.3) is 5.91 Å². The lowest BCUT2D eigenvalue weighted by Gasteiger charge is -2.12. The van der Waals surface area contributed by atoms with Crippen molar-refractivity contribution in [3.63, 3.8) is 0 Å². The number of amides is 1. The molecular formula is C15H17F2N3O3. The molecule has 0 saturated heterocycles. The Hall–Kier alpha value is -2.64. The highest BCUT2D eigenvalue weighted by Gasteiger charge is 2.18. The third-order valence-corrected chi connectivity index (χ3v) is 3.37. The number of halogens is 2. The number of hydrogen-bond acceptors (Lipinski definition) is 4. The highest BCUT2D eigenvalue weighted by molar-refractivity contribution is 6.06. The summed E-state index contributed by atoms with van der Waals surface area (Å²) in [5, 5.41) is 6.87. The summed E-state index contributed by atoms with van der Waals surface area (Å²) >= 11 is 0. The Morgan fingerprint density at radius 3 is 2.52 bits per heavy atom. The van der Waals surface area contributed by atoms with Gasteiger partial charge < -0.3 is 14.8 Å². The molecule has 0 radical (unpaired) electrons. The Kier molecular flexibility index (Phi) is 4.83. The first kappa shape index (κ1) is 16.7. The second-order valence-corrected chi connectivity index (χ2v) is 4.87. The van der Waals surface area contributed by atoms with Gasteiger partial charge in [-0.05, 0) is 26.0 Å². The molecule has 1 N–H and O–H groups in total. The highest BCUT2D eigenvalue weighted by atomic mass is 19.3. The minimum absolute atomic E-state index is 0.0998. The number of nitrogens with zero attached hydrogens (tertiary/aromatic N) is 2. The molecule has 0 bridgehead atoms. The maximum absolute atomic E-state index is 12.4. The molecule has 2 rings (SSSR count). The number of aryl methyl sites for hydroxylation is 2. The minimum Gasteiger partial charge on any atom is -0.493 e. The van der Waals surface area contributed by atoms with E-state index >= 15 is 0 Å². The van der Waals surface area contributed by atoms with Crippen LogP contribution in [0.15, 0.2) is 18.2 Å². The van der Waals surface area contributed by atoms with Crippen molar-refractivity contribution in [3.05, 3.63) is 35.2 Å². The molecule has 8 heteroatoms. The number of aromatic nitrogens is 2. The predicted octanol–water partition coefficient (Wildman–Crippen LogP) is 2.90. The van der Waals surface area contributed by atoms with Gasteiger partial charge in [-0.2, -0.15) is 13.9 Å². The first-order valence-electron chi connectivity index (χ1n) is 6.78. The van der Waals surface area contributed by atoms with E-state index in [0.717, 1.165) is 5.69 Å². The number of alkyl halides is 2. The van der Waals surface area contributed by atoms with Crippen LogP contribution in [0, 0.1) is 13.8 Å². The van der Waals surface area contributed by atoms with Gasteiger partial charge in [-0.25, -0.2) is 0 Å². The SMILES string of the molecule is COc1cc(NC(=O)c2c(C)nn(C)c2C)ccc1OC(F)F. The lowest BCUT2D eigenvalue weighted by molar-refractivity contribution is -0.0512. The van der Waals surface area contributed by atoms with E-state index in [1.54, 1.807) is 25.6 Å². The Labute approximate surface area is 132 Å². The molecular weight excluding hydrogens is 308 g/mol. The molecule has 0 saturated carbocycles. The van der Waals surface area contributed by atoms with E-state index in [-0.39, 0.29) is 17.4 Å². The van der Waals surface area contributed by atoms with Gasteiger partial charge in [0.15, 0.2) is 11.5 Å². The van der Waals surface area contributed by atoms with Gasteiger partial charge in [-0.15, -0.1) is 0 Å². The van der Waals surface area contributed by atoms with E-state index in [0.29, 0.717) is 16.9 Å². The molecule has 124 valence electrons. The Morgan fingerprint density at radius 1 is 1.30 bits per heavy atom. The second kappa shape index (κ2) is 6.64. The van der Waals surface area contributed by atoms with Crippen molar-refractivity contribution < 1.29 is 23.0 Å². The van der Waals surface area contributed by atoms with Crippen LogP contribution < -0.4 is 14.8 Å². The smallest absolute Gasteiger partial charge is 0.387 e. The topological polar surface area (TPSA) is 65.4 Å². The molecule has 0 aliphatic carbocycles. The largest absolute Gasteiger partial charge is 0.493 e. The highest BCUT2D eigenvalue weighted by Crippen LogP contribution is 2.31. The lowest BCUT2D eigenvalue weighted by atomic mass is 10.1. The lowest BCUT2D eigenvalue weighted by Crippen LogP contribution is -2.14. The van der Waals surface area contributed by atoms with Gasteiger partial charge in [0.1, 0.15) is 0 Å². The fraction of sp³-hybridized carbons (Fsp3) is 0.333. The van der Waals surface area contributed by atoms with Crippen molar-refractivity contribution in [2.75, 3.05) is 12.4 Å². The van der Waals surface area contributed by atoms with Crippen LogP contribution in [0.5, 0.6) is 11.5 Å². The molecule has 1 aromatic heterocycles. The Balaban J connectivity index is 2.24. The van der Waals surface area contributed by atoms with Crippen LogP contribution >= 0.6 is 0 Å². The summed E-state index contributed by atoms with van der Waals surface area (Å²) in [4.78, 5) is 12.4.